The van der Waals surface area contributed by atoms with E-state index in [9.17, 15) is 22.4 Å². The fourth-order valence-electron chi connectivity index (χ4n) is 4.13. The van der Waals surface area contributed by atoms with Crippen LogP contribution in [0.3, 0.4) is 0 Å². The Labute approximate surface area is 207 Å². The lowest BCUT2D eigenvalue weighted by Gasteiger charge is -2.28. The first-order chi connectivity index (χ1) is 16.8. The highest BCUT2D eigenvalue weighted by molar-refractivity contribution is 5.75. The number of carbonyl (C=O) groups excluding carboxylic acids is 1. The van der Waals surface area contributed by atoms with Crippen LogP contribution in [0.25, 0.3) is 11.9 Å². The van der Waals surface area contributed by atoms with Crippen LogP contribution in [-0.2, 0) is 27.1 Å². The molecule has 0 saturated heterocycles. The first-order valence-corrected chi connectivity index (χ1v) is 11.7. The van der Waals surface area contributed by atoms with E-state index < -0.39 is 23.0 Å². The average Bonchev–Trinajstić information content (AvgIpc) is 3.48. The standard InChI is InChI=1S/C28H28F4N2O2/c1-18-14-25(24(29)16-20-8-10-22(11-9-20)26(3,4)28(30,31)32)33-34(18)17-21-6-5-7-23(15-21)27(12-13-27)36-19(2)35/h5-11,14-16H,12-13,17H2,1-4H3/b24-16-. The molecule has 2 aromatic carbocycles. The van der Waals surface area contributed by atoms with Gasteiger partial charge in [0.2, 0.25) is 0 Å². The van der Waals surface area contributed by atoms with E-state index >= 15 is 0 Å². The van der Waals surface area contributed by atoms with Crippen molar-refractivity contribution in [3.63, 3.8) is 0 Å². The van der Waals surface area contributed by atoms with Gasteiger partial charge in [-0.15, -0.1) is 0 Å². The summed E-state index contributed by atoms with van der Waals surface area (Å²) in [5, 5.41) is 4.39. The molecule has 4 rings (SSSR count). The summed E-state index contributed by atoms with van der Waals surface area (Å²) < 4.78 is 62.0. The second kappa shape index (κ2) is 9.22. The molecule has 36 heavy (non-hydrogen) atoms. The molecule has 0 atom stereocenters. The normalized spacial score (nSPS) is 15.6. The van der Waals surface area contributed by atoms with Crippen molar-refractivity contribution in [2.24, 2.45) is 0 Å². The number of halogens is 4. The molecule has 1 aliphatic rings. The van der Waals surface area contributed by atoms with Gasteiger partial charge < -0.3 is 4.74 Å². The number of rotatable bonds is 7. The van der Waals surface area contributed by atoms with Crippen LogP contribution in [-0.4, -0.2) is 21.9 Å². The van der Waals surface area contributed by atoms with Gasteiger partial charge in [-0.25, -0.2) is 4.39 Å². The van der Waals surface area contributed by atoms with Crippen molar-refractivity contribution < 1.29 is 27.1 Å². The molecular formula is C28H28F4N2O2. The number of esters is 1. The summed E-state index contributed by atoms with van der Waals surface area (Å²) in [5.74, 6) is -0.897. The largest absolute Gasteiger partial charge is 0.454 e. The number of carbonyl (C=O) groups is 1. The minimum atomic E-state index is -4.39. The van der Waals surface area contributed by atoms with Crippen LogP contribution < -0.4 is 0 Å². The van der Waals surface area contributed by atoms with Gasteiger partial charge in [-0.1, -0.05) is 42.5 Å². The molecule has 3 aromatic rings. The van der Waals surface area contributed by atoms with Crippen molar-refractivity contribution >= 4 is 17.9 Å². The van der Waals surface area contributed by atoms with E-state index in [0.29, 0.717) is 12.1 Å². The Morgan fingerprint density at radius 2 is 1.78 bits per heavy atom. The zero-order chi connectivity index (χ0) is 26.3. The molecule has 1 aromatic heterocycles. The third-order valence-electron chi connectivity index (χ3n) is 6.69. The molecular weight excluding hydrogens is 472 g/mol. The highest BCUT2D eigenvalue weighted by Gasteiger charge is 2.49. The minimum absolute atomic E-state index is 0.108. The van der Waals surface area contributed by atoms with Gasteiger partial charge in [-0.2, -0.15) is 18.3 Å². The first kappa shape index (κ1) is 25.7. The molecule has 0 spiro atoms. The van der Waals surface area contributed by atoms with Crippen LogP contribution in [0.2, 0.25) is 0 Å². The first-order valence-electron chi connectivity index (χ1n) is 11.7. The lowest BCUT2D eigenvalue weighted by atomic mass is 9.83. The Bertz CT molecular complexity index is 1300. The van der Waals surface area contributed by atoms with E-state index in [1.807, 2.05) is 31.2 Å². The maximum absolute atomic E-state index is 15.0. The second-order valence-electron chi connectivity index (χ2n) is 9.85. The highest BCUT2D eigenvalue weighted by atomic mass is 19.4. The van der Waals surface area contributed by atoms with Crippen LogP contribution >= 0.6 is 0 Å². The summed E-state index contributed by atoms with van der Waals surface area (Å²) in [5.41, 5.74) is 0.763. The Kier molecular flexibility index (Phi) is 6.58. The molecule has 0 N–H and O–H groups in total. The molecule has 8 heteroatoms. The van der Waals surface area contributed by atoms with Gasteiger partial charge in [-0.3, -0.25) is 9.48 Å². The van der Waals surface area contributed by atoms with Crippen molar-refractivity contribution in [2.45, 2.75) is 64.3 Å². The van der Waals surface area contributed by atoms with E-state index in [4.69, 9.17) is 4.74 Å². The Morgan fingerprint density at radius 1 is 1.11 bits per heavy atom. The lowest BCUT2D eigenvalue weighted by molar-refractivity contribution is -0.180. The number of ether oxygens (including phenoxy) is 1. The molecule has 1 fully saturated rings. The summed E-state index contributed by atoms with van der Waals surface area (Å²) in [6.07, 6.45) is -1.57. The fraction of sp³-hybridized carbons (Fsp3) is 0.357. The molecule has 0 bridgehead atoms. The molecule has 1 aliphatic carbocycles. The number of nitrogens with zero attached hydrogens (tertiary/aromatic N) is 2. The number of aromatic nitrogens is 2. The quantitative estimate of drug-likeness (QED) is 0.257. The van der Waals surface area contributed by atoms with E-state index in [0.717, 1.165) is 43.5 Å². The summed E-state index contributed by atoms with van der Waals surface area (Å²) in [7, 11) is 0. The SMILES string of the molecule is CC(=O)OC1(c2cccc(Cn3nc(/C(F)=C/c4ccc(C(C)(C)C(F)(F)F)cc4)cc3C)c2)CC1. The highest BCUT2D eigenvalue weighted by Crippen LogP contribution is 2.49. The Balaban J connectivity index is 1.51. The fourth-order valence-corrected chi connectivity index (χ4v) is 4.13. The van der Waals surface area contributed by atoms with Gasteiger partial charge in [0.25, 0.3) is 0 Å². The number of benzene rings is 2. The van der Waals surface area contributed by atoms with Crippen LogP contribution in [0.4, 0.5) is 17.6 Å². The third-order valence-corrected chi connectivity index (χ3v) is 6.69. The molecule has 190 valence electrons. The Morgan fingerprint density at radius 3 is 2.36 bits per heavy atom. The van der Waals surface area contributed by atoms with Gasteiger partial charge in [0, 0.05) is 12.6 Å². The van der Waals surface area contributed by atoms with Crippen molar-refractivity contribution in [3.8, 4) is 0 Å². The van der Waals surface area contributed by atoms with Crippen LogP contribution in [0.1, 0.15) is 67.3 Å². The van der Waals surface area contributed by atoms with Gasteiger partial charge in [0.05, 0.1) is 12.0 Å². The molecule has 0 aliphatic heterocycles. The lowest BCUT2D eigenvalue weighted by Crippen LogP contribution is -2.36. The van der Waals surface area contributed by atoms with Crippen LogP contribution in [0.15, 0.2) is 54.6 Å². The topological polar surface area (TPSA) is 44.1 Å². The number of hydrogen-bond acceptors (Lipinski definition) is 3. The molecule has 4 nitrogen and oxygen atoms in total. The van der Waals surface area contributed by atoms with Gasteiger partial charge >= 0.3 is 12.1 Å². The monoisotopic (exact) mass is 500 g/mol. The van der Waals surface area contributed by atoms with Gasteiger partial charge in [0.15, 0.2) is 5.83 Å². The minimum Gasteiger partial charge on any atom is -0.454 e. The predicted octanol–water partition coefficient (Wildman–Crippen LogP) is 7.10. The summed E-state index contributed by atoms with van der Waals surface area (Å²) in [6, 6.07) is 15.0. The summed E-state index contributed by atoms with van der Waals surface area (Å²) in [4.78, 5) is 11.5. The number of aryl methyl sites for hydroxylation is 1. The van der Waals surface area contributed by atoms with Crippen LogP contribution in [0, 0.1) is 6.92 Å². The van der Waals surface area contributed by atoms with Gasteiger partial charge in [0.1, 0.15) is 11.3 Å². The Hall–Kier alpha value is -3.42. The zero-order valence-corrected chi connectivity index (χ0v) is 20.6. The average molecular weight is 501 g/mol. The maximum Gasteiger partial charge on any atom is 0.397 e. The maximum atomic E-state index is 15.0. The van der Waals surface area contributed by atoms with Crippen molar-refractivity contribution in [2.75, 3.05) is 0 Å². The van der Waals surface area contributed by atoms with E-state index in [-0.39, 0.29) is 17.2 Å². The molecule has 0 radical (unpaired) electrons. The molecule has 0 amide bonds. The zero-order valence-electron chi connectivity index (χ0n) is 20.6. The van der Waals surface area contributed by atoms with Crippen molar-refractivity contribution in [1.82, 2.24) is 9.78 Å². The predicted molar refractivity (Wildman–Crippen MR) is 130 cm³/mol. The summed E-state index contributed by atoms with van der Waals surface area (Å²) in [6.45, 7) is 5.86. The third kappa shape index (κ3) is 5.22. The molecule has 0 unspecified atom stereocenters. The van der Waals surface area contributed by atoms with Crippen LogP contribution in [0.5, 0.6) is 0 Å². The molecule has 1 saturated carbocycles. The van der Waals surface area contributed by atoms with Crippen molar-refractivity contribution in [1.29, 1.82) is 0 Å². The van der Waals surface area contributed by atoms with E-state index in [1.165, 1.54) is 37.3 Å². The van der Waals surface area contributed by atoms with E-state index in [1.54, 1.807) is 10.7 Å². The number of alkyl halides is 3. The number of hydrogen-bond donors (Lipinski definition) is 0. The van der Waals surface area contributed by atoms with Crippen molar-refractivity contribution in [3.05, 3.63) is 88.2 Å². The summed E-state index contributed by atoms with van der Waals surface area (Å²) >= 11 is 0. The smallest absolute Gasteiger partial charge is 0.397 e. The second-order valence-corrected chi connectivity index (χ2v) is 9.85. The molecule has 1 heterocycles. The van der Waals surface area contributed by atoms with Gasteiger partial charge in [-0.05, 0) is 74.1 Å². The van der Waals surface area contributed by atoms with E-state index in [2.05, 4.69) is 5.10 Å².